The summed E-state index contributed by atoms with van der Waals surface area (Å²) in [6.45, 7) is 1.96. The van der Waals surface area contributed by atoms with E-state index in [-0.39, 0.29) is 5.75 Å². The number of rotatable bonds is 2. The minimum absolute atomic E-state index is 0.257. The van der Waals surface area contributed by atoms with E-state index in [0.717, 1.165) is 35.1 Å². The quantitative estimate of drug-likeness (QED) is 0.739. The van der Waals surface area contributed by atoms with Crippen LogP contribution in [0.25, 0.3) is 16.9 Å². The number of phenolic OH excluding ortho intramolecular Hbond substituents is 1. The van der Waals surface area contributed by atoms with Crippen molar-refractivity contribution >= 4 is 4.16 Å². The molecule has 0 unspecified atom stereocenters. The van der Waals surface area contributed by atoms with Gasteiger partial charge in [0.15, 0.2) is 0 Å². The van der Waals surface area contributed by atoms with Gasteiger partial charge in [0.05, 0.1) is 0 Å². The molecule has 3 aromatic rings. The molecule has 0 aliphatic heterocycles. The fourth-order valence-electron chi connectivity index (χ4n) is 2.20. The predicted octanol–water partition coefficient (Wildman–Crippen LogP) is 2.73. The molecule has 0 aliphatic carbocycles. The van der Waals surface area contributed by atoms with Crippen LogP contribution < -0.4 is 4.16 Å². The molecular weight excluding hydrogens is 302 g/mol. The first kappa shape index (κ1) is 13.1. The SMILES string of the molecule is Cc1ccc(-n2c[c]([Zn])c(-c3ccccc3)n2)c(O)c1. The maximum absolute atomic E-state index is 10.1. The summed E-state index contributed by atoms with van der Waals surface area (Å²) in [4.78, 5) is 0. The van der Waals surface area contributed by atoms with Gasteiger partial charge in [-0.15, -0.1) is 0 Å². The van der Waals surface area contributed by atoms with Crippen LogP contribution in [0.2, 0.25) is 0 Å². The molecule has 0 radical (unpaired) electrons. The van der Waals surface area contributed by atoms with Crippen molar-refractivity contribution in [1.29, 1.82) is 0 Å². The molecule has 0 aliphatic rings. The third-order valence-electron chi connectivity index (χ3n) is 3.21. The zero-order valence-corrected chi connectivity index (χ0v) is 14.2. The molecule has 20 heavy (non-hydrogen) atoms. The Hall–Kier alpha value is -1.93. The molecule has 0 fully saturated rings. The number of nitrogens with zero attached hydrogens (tertiary/aromatic N) is 2. The number of benzene rings is 2. The number of aromatic hydroxyl groups is 1. The second-order valence-corrected chi connectivity index (χ2v) is 6.40. The van der Waals surface area contributed by atoms with E-state index < -0.39 is 0 Å². The molecule has 4 heteroatoms. The van der Waals surface area contributed by atoms with Gasteiger partial charge in [-0.3, -0.25) is 0 Å². The summed E-state index contributed by atoms with van der Waals surface area (Å²) in [5.41, 5.74) is 3.85. The van der Waals surface area contributed by atoms with Crippen molar-refractivity contribution in [2.24, 2.45) is 0 Å². The third-order valence-corrected chi connectivity index (χ3v) is 4.30. The normalized spacial score (nSPS) is 10.8. The standard InChI is InChI=1S/C16H13N2O.Zn/c1-12-7-8-15(16(19)11-12)18-10-9-14(17-18)13-5-3-2-4-6-13;/h2-8,10-11,19H,1H3;. The Kier molecular flexibility index (Phi) is 3.41. The van der Waals surface area contributed by atoms with Gasteiger partial charge in [-0.25, -0.2) is 0 Å². The van der Waals surface area contributed by atoms with Gasteiger partial charge in [0, 0.05) is 0 Å². The molecule has 0 spiro atoms. The summed E-state index contributed by atoms with van der Waals surface area (Å²) in [7, 11) is 0. The van der Waals surface area contributed by atoms with Crippen molar-refractivity contribution in [2.45, 2.75) is 6.92 Å². The first-order chi connectivity index (χ1) is 9.65. The van der Waals surface area contributed by atoms with Crippen LogP contribution in [-0.4, -0.2) is 14.9 Å². The van der Waals surface area contributed by atoms with E-state index in [1.54, 1.807) is 10.7 Å². The number of aromatic nitrogens is 2. The zero-order chi connectivity index (χ0) is 14.1. The van der Waals surface area contributed by atoms with Gasteiger partial charge in [-0.2, -0.15) is 0 Å². The second kappa shape index (κ2) is 5.22. The number of hydrogen-bond donors (Lipinski definition) is 1. The van der Waals surface area contributed by atoms with Crippen LogP contribution in [0.15, 0.2) is 54.7 Å². The van der Waals surface area contributed by atoms with E-state index in [0.29, 0.717) is 5.69 Å². The molecule has 0 bridgehead atoms. The van der Waals surface area contributed by atoms with Gasteiger partial charge in [-0.05, 0) is 0 Å². The molecule has 0 saturated heterocycles. The first-order valence-electron chi connectivity index (χ1n) is 6.42. The van der Waals surface area contributed by atoms with Crippen LogP contribution in [0.4, 0.5) is 0 Å². The summed E-state index contributed by atoms with van der Waals surface area (Å²) in [6, 6.07) is 15.8. The fraction of sp³-hybridized carbons (Fsp3) is 0.0625. The van der Waals surface area contributed by atoms with Crippen molar-refractivity contribution < 1.29 is 23.4 Å². The van der Waals surface area contributed by atoms with Crippen molar-refractivity contribution in [3.63, 3.8) is 0 Å². The van der Waals surface area contributed by atoms with Crippen LogP contribution >= 0.6 is 0 Å². The monoisotopic (exact) mass is 313 g/mol. The number of aryl methyl sites for hydroxylation is 1. The molecule has 95 valence electrons. The van der Waals surface area contributed by atoms with Crippen molar-refractivity contribution in [3.8, 4) is 22.7 Å². The summed E-state index contributed by atoms with van der Waals surface area (Å²) in [5, 5.41) is 14.7. The topological polar surface area (TPSA) is 38.0 Å². The van der Waals surface area contributed by atoms with Gasteiger partial charge >= 0.3 is 127 Å². The Labute approximate surface area is 127 Å². The van der Waals surface area contributed by atoms with Crippen LogP contribution in [0.5, 0.6) is 5.75 Å². The van der Waals surface area contributed by atoms with E-state index in [9.17, 15) is 5.11 Å². The summed E-state index contributed by atoms with van der Waals surface area (Å²) < 4.78 is 2.96. The molecule has 2 aromatic carbocycles. The minimum atomic E-state index is 0.257. The van der Waals surface area contributed by atoms with Crippen LogP contribution in [0.1, 0.15) is 5.56 Å². The zero-order valence-electron chi connectivity index (χ0n) is 11.2. The number of phenols is 1. The van der Waals surface area contributed by atoms with E-state index in [2.05, 4.69) is 17.2 Å². The molecule has 3 nitrogen and oxygen atoms in total. The fourth-order valence-corrected chi connectivity index (χ4v) is 3.14. The summed E-state index contributed by atoms with van der Waals surface area (Å²) in [5.74, 6) is 0.257. The van der Waals surface area contributed by atoms with Crippen LogP contribution in [-0.2, 0) is 18.3 Å². The molecule has 0 amide bonds. The summed E-state index contributed by atoms with van der Waals surface area (Å²) in [6.07, 6.45) is 1.99. The van der Waals surface area contributed by atoms with E-state index in [1.807, 2.05) is 43.5 Å². The van der Waals surface area contributed by atoms with Gasteiger partial charge in [-0.1, -0.05) is 0 Å². The molecule has 1 N–H and O–H groups in total. The van der Waals surface area contributed by atoms with Gasteiger partial charge < -0.3 is 0 Å². The number of hydrogen-bond acceptors (Lipinski definition) is 2. The molecule has 0 saturated carbocycles. The average molecular weight is 315 g/mol. The Morgan fingerprint density at radius 2 is 1.85 bits per heavy atom. The summed E-state index contributed by atoms with van der Waals surface area (Å²) >= 11 is 1.02. The van der Waals surface area contributed by atoms with Gasteiger partial charge in [0.1, 0.15) is 0 Å². The van der Waals surface area contributed by atoms with Gasteiger partial charge in [0.25, 0.3) is 0 Å². The third kappa shape index (κ3) is 2.39. The van der Waals surface area contributed by atoms with Crippen molar-refractivity contribution in [3.05, 3.63) is 60.3 Å². The average Bonchev–Trinajstić information content (AvgIpc) is 2.81. The molecular formula is C16H13N2OZn. The van der Waals surface area contributed by atoms with E-state index >= 15 is 0 Å². The van der Waals surface area contributed by atoms with Gasteiger partial charge in [0.2, 0.25) is 0 Å². The van der Waals surface area contributed by atoms with Crippen molar-refractivity contribution in [1.82, 2.24) is 9.78 Å². The maximum atomic E-state index is 10.1. The van der Waals surface area contributed by atoms with Crippen LogP contribution in [0.3, 0.4) is 0 Å². The van der Waals surface area contributed by atoms with E-state index in [4.69, 9.17) is 0 Å². The molecule has 1 heterocycles. The van der Waals surface area contributed by atoms with Crippen molar-refractivity contribution in [2.75, 3.05) is 0 Å². The Morgan fingerprint density at radius 1 is 1.10 bits per heavy atom. The van der Waals surface area contributed by atoms with E-state index in [1.165, 1.54) is 4.16 Å². The Morgan fingerprint density at radius 3 is 2.55 bits per heavy atom. The van der Waals surface area contributed by atoms with Crippen LogP contribution in [0, 0.1) is 6.92 Å². The molecule has 3 rings (SSSR count). The second-order valence-electron chi connectivity index (χ2n) is 4.81. The first-order valence-corrected chi connectivity index (χ1v) is 7.90. The molecule has 1 aromatic heterocycles. The predicted molar refractivity (Wildman–Crippen MR) is 75.0 cm³/mol. The Bertz CT molecular complexity index is 750. The Balaban J connectivity index is 2.09. The molecule has 0 atom stereocenters.